The maximum Gasteiger partial charge on any atom is 0.323 e. The molecule has 4 heteroatoms. The van der Waals surface area contributed by atoms with E-state index in [1.54, 1.807) is 0 Å². The van der Waals surface area contributed by atoms with Crippen molar-refractivity contribution in [2.24, 2.45) is 11.7 Å². The van der Waals surface area contributed by atoms with Crippen LogP contribution in [0, 0.1) is 5.92 Å². The summed E-state index contributed by atoms with van der Waals surface area (Å²) in [5.41, 5.74) is 5.80. The van der Waals surface area contributed by atoms with Crippen molar-refractivity contribution in [3.05, 3.63) is 0 Å². The predicted octanol–water partition coefficient (Wildman–Crippen LogP) is 1.88. The molecule has 1 fully saturated rings. The lowest BCUT2D eigenvalue weighted by Crippen LogP contribution is -2.40. The fourth-order valence-electron chi connectivity index (χ4n) is 1.92. The van der Waals surface area contributed by atoms with Gasteiger partial charge in [-0.2, -0.15) is 0 Å². The Hall–Kier alpha value is -0.280. The first-order chi connectivity index (χ1) is 6.25. The van der Waals surface area contributed by atoms with Crippen LogP contribution in [0.4, 0.5) is 0 Å². The molecule has 0 aliphatic heterocycles. The largest absolute Gasteiger partial charge is 0.465 e. The SMILES string of the molecule is CCOC(=O)C(N)C1CCCCC1.Cl. The van der Waals surface area contributed by atoms with Gasteiger partial charge in [0, 0.05) is 0 Å². The van der Waals surface area contributed by atoms with Gasteiger partial charge in [0.25, 0.3) is 0 Å². The quantitative estimate of drug-likeness (QED) is 0.741. The Morgan fingerprint density at radius 1 is 1.43 bits per heavy atom. The van der Waals surface area contributed by atoms with Crippen molar-refractivity contribution in [1.82, 2.24) is 0 Å². The van der Waals surface area contributed by atoms with Crippen molar-refractivity contribution in [2.75, 3.05) is 6.61 Å². The van der Waals surface area contributed by atoms with Crippen molar-refractivity contribution in [2.45, 2.75) is 45.1 Å². The van der Waals surface area contributed by atoms with Crippen molar-refractivity contribution >= 4 is 18.4 Å². The van der Waals surface area contributed by atoms with E-state index in [4.69, 9.17) is 10.5 Å². The van der Waals surface area contributed by atoms with Gasteiger partial charge < -0.3 is 10.5 Å². The summed E-state index contributed by atoms with van der Waals surface area (Å²) in [6, 6.07) is -0.389. The number of esters is 1. The third-order valence-corrected chi connectivity index (χ3v) is 2.72. The molecule has 84 valence electrons. The number of hydrogen-bond acceptors (Lipinski definition) is 3. The molecule has 0 amide bonds. The summed E-state index contributed by atoms with van der Waals surface area (Å²) < 4.78 is 4.89. The monoisotopic (exact) mass is 221 g/mol. The molecule has 1 aliphatic carbocycles. The Labute approximate surface area is 91.8 Å². The Kier molecular flexibility index (Phi) is 6.93. The van der Waals surface area contributed by atoms with E-state index in [1.807, 2.05) is 6.92 Å². The average Bonchev–Trinajstić information content (AvgIpc) is 2.18. The lowest BCUT2D eigenvalue weighted by Gasteiger charge is -2.25. The number of hydrogen-bond donors (Lipinski definition) is 1. The molecule has 1 rings (SSSR count). The van der Waals surface area contributed by atoms with Crippen molar-refractivity contribution < 1.29 is 9.53 Å². The Morgan fingerprint density at radius 3 is 2.50 bits per heavy atom. The molecule has 0 radical (unpaired) electrons. The second-order valence-corrected chi connectivity index (χ2v) is 3.68. The molecule has 0 aromatic carbocycles. The van der Waals surface area contributed by atoms with Gasteiger partial charge in [0.1, 0.15) is 6.04 Å². The van der Waals surface area contributed by atoms with E-state index in [9.17, 15) is 4.79 Å². The lowest BCUT2D eigenvalue weighted by atomic mass is 9.84. The number of nitrogens with two attached hydrogens (primary N) is 1. The number of carbonyl (C=O) groups excluding carboxylic acids is 1. The maximum absolute atomic E-state index is 11.3. The molecule has 0 aromatic rings. The van der Waals surface area contributed by atoms with Crippen LogP contribution < -0.4 is 5.73 Å². The molecule has 0 bridgehead atoms. The van der Waals surface area contributed by atoms with Crippen molar-refractivity contribution in [3.8, 4) is 0 Å². The normalized spacial score (nSPS) is 19.6. The van der Waals surface area contributed by atoms with Crippen LogP contribution in [-0.4, -0.2) is 18.6 Å². The van der Waals surface area contributed by atoms with E-state index in [0.29, 0.717) is 12.5 Å². The van der Waals surface area contributed by atoms with E-state index in [1.165, 1.54) is 19.3 Å². The fourth-order valence-corrected chi connectivity index (χ4v) is 1.92. The first kappa shape index (κ1) is 13.7. The number of rotatable bonds is 3. The maximum atomic E-state index is 11.3. The van der Waals surface area contributed by atoms with Gasteiger partial charge in [0.15, 0.2) is 0 Å². The van der Waals surface area contributed by atoms with Gasteiger partial charge >= 0.3 is 5.97 Å². The van der Waals surface area contributed by atoms with Crippen LogP contribution in [0.25, 0.3) is 0 Å². The summed E-state index contributed by atoms with van der Waals surface area (Å²) in [6.45, 7) is 2.24. The van der Waals surface area contributed by atoms with Gasteiger partial charge in [-0.25, -0.2) is 0 Å². The summed E-state index contributed by atoms with van der Waals surface area (Å²) in [5, 5.41) is 0. The smallest absolute Gasteiger partial charge is 0.323 e. The van der Waals surface area contributed by atoms with Crippen LogP contribution >= 0.6 is 12.4 Å². The standard InChI is InChI=1S/C10H19NO2.ClH/c1-2-13-10(12)9(11)8-6-4-3-5-7-8;/h8-9H,2-7,11H2,1H3;1H. The summed E-state index contributed by atoms with van der Waals surface area (Å²) in [5.74, 6) is 0.127. The van der Waals surface area contributed by atoms with Crippen LogP contribution in [0.15, 0.2) is 0 Å². The van der Waals surface area contributed by atoms with E-state index >= 15 is 0 Å². The average molecular weight is 222 g/mol. The fraction of sp³-hybridized carbons (Fsp3) is 0.900. The molecule has 2 N–H and O–H groups in total. The second-order valence-electron chi connectivity index (χ2n) is 3.68. The third kappa shape index (κ3) is 3.84. The molecule has 1 atom stereocenters. The Bertz CT molecular complexity index is 170. The number of ether oxygens (including phenoxy) is 1. The van der Waals surface area contributed by atoms with Crippen LogP contribution in [0.5, 0.6) is 0 Å². The highest BCUT2D eigenvalue weighted by atomic mass is 35.5. The van der Waals surface area contributed by atoms with Gasteiger partial charge in [0.05, 0.1) is 6.61 Å². The first-order valence-electron chi connectivity index (χ1n) is 5.18. The Balaban J connectivity index is 0.00000169. The lowest BCUT2D eigenvalue weighted by molar-refractivity contribution is -0.146. The third-order valence-electron chi connectivity index (χ3n) is 2.72. The molecule has 1 unspecified atom stereocenters. The molecule has 1 aliphatic rings. The molecular formula is C10H20ClNO2. The summed E-state index contributed by atoms with van der Waals surface area (Å²) in [6.07, 6.45) is 5.86. The summed E-state index contributed by atoms with van der Waals surface area (Å²) >= 11 is 0. The highest BCUT2D eigenvalue weighted by Gasteiger charge is 2.26. The van der Waals surface area contributed by atoms with Gasteiger partial charge in [-0.3, -0.25) is 4.79 Å². The zero-order chi connectivity index (χ0) is 9.68. The zero-order valence-corrected chi connectivity index (χ0v) is 9.52. The van der Waals surface area contributed by atoms with Crippen LogP contribution in [-0.2, 0) is 9.53 Å². The van der Waals surface area contributed by atoms with E-state index < -0.39 is 0 Å². The minimum atomic E-state index is -0.389. The highest BCUT2D eigenvalue weighted by Crippen LogP contribution is 2.25. The zero-order valence-electron chi connectivity index (χ0n) is 8.70. The van der Waals surface area contributed by atoms with E-state index in [0.717, 1.165) is 12.8 Å². The van der Waals surface area contributed by atoms with Crippen molar-refractivity contribution in [1.29, 1.82) is 0 Å². The molecule has 0 aromatic heterocycles. The van der Waals surface area contributed by atoms with E-state index in [-0.39, 0.29) is 24.4 Å². The van der Waals surface area contributed by atoms with Crippen LogP contribution in [0.2, 0.25) is 0 Å². The topological polar surface area (TPSA) is 52.3 Å². The summed E-state index contributed by atoms with van der Waals surface area (Å²) in [7, 11) is 0. The van der Waals surface area contributed by atoms with E-state index in [2.05, 4.69) is 0 Å². The van der Waals surface area contributed by atoms with Crippen LogP contribution in [0.3, 0.4) is 0 Å². The first-order valence-corrected chi connectivity index (χ1v) is 5.18. The minimum Gasteiger partial charge on any atom is -0.465 e. The molecule has 14 heavy (non-hydrogen) atoms. The van der Waals surface area contributed by atoms with Gasteiger partial charge in [-0.05, 0) is 25.7 Å². The predicted molar refractivity (Wildman–Crippen MR) is 58.4 cm³/mol. The molecule has 1 saturated carbocycles. The van der Waals surface area contributed by atoms with Gasteiger partial charge in [-0.1, -0.05) is 19.3 Å². The highest BCUT2D eigenvalue weighted by molar-refractivity contribution is 5.85. The summed E-state index contributed by atoms with van der Waals surface area (Å²) in [4.78, 5) is 11.3. The molecule has 3 nitrogen and oxygen atoms in total. The van der Waals surface area contributed by atoms with Crippen LogP contribution in [0.1, 0.15) is 39.0 Å². The molecule has 0 heterocycles. The Morgan fingerprint density at radius 2 is 2.00 bits per heavy atom. The minimum absolute atomic E-state index is 0. The molecular weight excluding hydrogens is 202 g/mol. The second kappa shape index (κ2) is 7.07. The molecule has 0 spiro atoms. The van der Waals surface area contributed by atoms with Crippen molar-refractivity contribution in [3.63, 3.8) is 0 Å². The number of halogens is 1. The van der Waals surface area contributed by atoms with Gasteiger partial charge in [-0.15, -0.1) is 12.4 Å². The number of carbonyl (C=O) groups is 1. The van der Waals surface area contributed by atoms with Gasteiger partial charge in [0.2, 0.25) is 0 Å². The molecule has 0 saturated heterocycles.